The molecule has 0 heterocycles. The van der Waals surface area contributed by atoms with Crippen LogP contribution in [-0.2, 0) is 27.1 Å². The van der Waals surface area contributed by atoms with Crippen LogP contribution in [0.3, 0.4) is 0 Å². The van der Waals surface area contributed by atoms with E-state index in [-0.39, 0.29) is 18.8 Å². The molecule has 2 rings (SSSR count). The van der Waals surface area contributed by atoms with Crippen LogP contribution in [0.15, 0.2) is 54.6 Å². The number of carboxylic acid groups (broad SMARTS) is 1. The van der Waals surface area contributed by atoms with Crippen molar-refractivity contribution >= 4 is 19.9 Å². The zero-order chi connectivity index (χ0) is 19.9. The van der Waals surface area contributed by atoms with Crippen molar-refractivity contribution in [1.82, 2.24) is 5.32 Å². The molecule has 0 unspecified atom stereocenters. The number of ether oxygens (including phenoxy) is 1. The molecule has 0 spiro atoms. The van der Waals surface area contributed by atoms with E-state index in [0.717, 1.165) is 5.56 Å². The van der Waals surface area contributed by atoms with Gasteiger partial charge in [-0.15, -0.1) is 0 Å². The predicted molar refractivity (Wildman–Crippen MR) is 94.0 cm³/mol. The Morgan fingerprint density at radius 2 is 1.63 bits per heavy atom. The highest BCUT2D eigenvalue weighted by Crippen LogP contribution is 2.37. The molecule has 1 atom stereocenters. The van der Waals surface area contributed by atoms with E-state index in [1.54, 1.807) is 24.3 Å². The van der Waals surface area contributed by atoms with Gasteiger partial charge in [0.1, 0.15) is 18.4 Å². The summed E-state index contributed by atoms with van der Waals surface area (Å²) >= 11 is 0. The quantitative estimate of drug-likeness (QED) is 0.498. The summed E-state index contributed by atoms with van der Waals surface area (Å²) < 4.78 is 20.2. The minimum absolute atomic E-state index is 0.00737. The zero-order valence-corrected chi connectivity index (χ0v) is 14.9. The first-order valence-electron chi connectivity index (χ1n) is 7.77. The number of carbonyl (C=O) groups excluding carboxylic acids is 1. The van der Waals surface area contributed by atoms with Crippen LogP contribution < -0.4 is 9.84 Å². The Balaban J connectivity index is 1.92. The molecule has 27 heavy (non-hydrogen) atoms. The minimum atomic E-state index is -4.67. The van der Waals surface area contributed by atoms with Gasteiger partial charge in [-0.1, -0.05) is 42.5 Å². The molecular weight excluding hydrogens is 377 g/mol. The Bertz CT molecular complexity index is 819. The third kappa shape index (κ3) is 7.49. The highest BCUT2D eigenvalue weighted by atomic mass is 31.2. The lowest BCUT2D eigenvalue weighted by Gasteiger charge is -2.15. The number of phosphoric ester groups is 1. The maximum Gasteiger partial charge on any atom is 0.524 e. The summed E-state index contributed by atoms with van der Waals surface area (Å²) in [5.74, 6) is -1.31. The van der Waals surface area contributed by atoms with Gasteiger partial charge in [0.2, 0.25) is 0 Å². The molecule has 9 nitrogen and oxygen atoms in total. The Morgan fingerprint density at radius 1 is 1.00 bits per heavy atom. The lowest BCUT2D eigenvalue weighted by molar-refractivity contribution is -0.139. The second-order valence-corrected chi connectivity index (χ2v) is 6.69. The van der Waals surface area contributed by atoms with E-state index in [1.807, 2.05) is 6.07 Å². The lowest BCUT2D eigenvalue weighted by Crippen LogP contribution is -2.42. The topological polar surface area (TPSA) is 142 Å². The van der Waals surface area contributed by atoms with E-state index in [4.69, 9.17) is 14.5 Å². The van der Waals surface area contributed by atoms with Gasteiger partial charge in [-0.05, 0) is 23.3 Å². The Hall–Kier alpha value is -2.87. The van der Waals surface area contributed by atoms with Crippen molar-refractivity contribution in [2.45, 2.75) is 19.1 Å². The number of nitrogens with one attached hydrogen (secondary N) is 1. The highest BCUT2D eigenvalue weighted by Gasteiger charge is 2.22. The number of phosphoric acid groups is 1. The monoisotopic (exact) mass is 395 g/mol. The van der Waals surface area contributed by atoms with Crippen molar-refractivity contribution in [3.8, 4) is 5.75 Å². The fraction of sp³-hybridized carbons (Fsp3) is 0.176. The van der Waals surface area contributed by atoms with Crippen LogP contribution in [0.5, 0.6) is 5.75 Å². The molecule has 0 fully saturated rings. The van der Waals surface area contributed by atoms with Crippen LogP contribution in [0.2, 0.25) is 0 Å². The summed E-state index contributed by atoms with van der Waals surface area (Å²) in [6.07, 6.45) is -0.918. The smallest absolute Gasteiger partial charge is 0.480 e. The number of carbonyl (C=O) groups is 2. The normalized spacial score (nSPS) is 12.1. The van der Waals surface area contributed by atoms with Crippen LogP contribution in [0.4, 0.5) is 4.79 Å². The molecule has 0 aliphatic heterocycles. The number of benzene rings is 2. The number of hydrogen-bond acceptors (Lipinski definition) is 5. The summed E-state index contributed by atoms with van der Waals surface area (Å²) in [6.45, 7) is 0.00737. The van der Waals surface area contributed by atoms with Crippen molar-refractivity contribution in [2.75, 3.05) is 0 Å². The molecule has 0 bridgehead atoms. The van der Waals surface area contributed by atoms with E-state index in [0.29, 0.717) is 5.56 Å². The van der Waals surface area contributed by atoms with Crippen LogP contribution in [0, 0.1) is 0 Å². The molecule has 0 radical (unpaired) electrons. The van der Waals surface area contributed by atoms with Gasteiger partial charge in [-0.25, -0.2) is 14.2 Å². The summed E-state index contributed by atoms with van der Waals surface area (Å²) in [6, 6.07) is 13.2. The Kier molecular flexibility index (Phi) is 6.95. The highest BCUT2D eigenvalue weighted by molar-refractivity contribution is 7.46. The maximum atomic E-state index is 11.8. The van der Waals surface area contributed by atoms with Crippen LogP contribution in [0.1, 0.15) is 11.1 Å². The third-order valence-electron chi connectivity index (χ3n) is 3.39. The van der Waals surface area contributed by atoms with E-state index in [2.05, 4.69) is 9.84 Å². The maximum absolute atomic E-state index is 11.8. The zero-order valence-electron chi connectivity index (χ0n) is 14.0. The number of hydrogen-bond donors (Lipinski definition) is 4. The summed E-state index contributed by atoms with van der Waals surface area (Å²) in [4.78, 5) is 40.7. The molecule has 0 aliphatic rings. The number of aliphatic carboxylic acids is 1. The standard InChI is InChI=1S/C17H18NO8P/c19-16(20)15(18-17(21)25-11-13-4-2-1-3-5-13)10-12-6-8-14(9-7-12)26-27(22,23)24/h1-9,15H,10-11H2,(H,18,21)(H,19,20)(H2,22,23,24)/t15-/m0/s1. The van der Waals surface area contributed by atoms with Gasteiger partial charge in [0.15, 0.2) is 0 Å². The fourth-order valence-corrected chi connectivity index (χ4v) is 2.56. The first-order chi connectivity index (χ1) is 12.7. The Morgan fingerprint density at radius 3 is 2.19 bits per heavy atom. The number of carboxylic acids is 1. The lowest BCUT2D eigenvalue weighted by atomic mass is 10.1. The average molecular weight is 395 g/mol. The van der Waals surface area contributed by atoms with Crippen LogP contribution in [0.25, 0.3) is 0 Å². The molecule has 1 amide bonds. The minimum Gasteiger partial charge on any atom is -0.480 e. The van der Waals surface area contributed by atoms with Crippen LogP contribution in [-0.4, -0.2) is 33.0 Å². The second kappa shape index (κ2) is 9.18. The summed E-state index contributed by atoms with van der Waals surface area (Å²) in [5.41, 5.74) is 1.28. The van der Waals surface area contributed by atoms with E-state index < -0.39 is 25.9 Å². The van der Waals surface area contributed by atoms with E-state index >= 15 is 0 Å². The van der Waals surface area contributed by atoms with Gasteiger partial charge >= 0.3 is 19.9 Å². The number of amides is 1. The molecule has 2 aromatic rings. The Labute approximate surface area is 154 Å². The fourth-order valence-electron chi connectivity index (χ4n) is 2.17. The van der Waals surface area contributed by atoms with Gasteiger partial charge < -0.3 is 19.7 Å². The van der Waals surface area contributed by atoms with Gasteiger partial charge in [0.05, 0.1) is 0 Å². The van der Waals surface area contributed by atoms with E-state index in [9.17, 15) is 19.3 Å². The molecule has 0 aliphatic carbocycles. The van der Waals surface area contributed by atoms with E-state index in [1.165, 1.54) is 24.3 Å². The average Bonchev–Trinajstić information content (AvgIpc) is 2.60. The molecule has 144 valence electrons. The van der Waals surface area contributed by atoms with Crippen molar-refractivity contribution in [3.63, 3.8) is 0 Å². The summed E-state index contributed by atoms with van der Waals surface area (Å²) in [5, 5.41) is 11.5. The van der Waals surface area contributed by atoms with Crippen LogP contribution >= 0.6 is 7.82 Å². The van der Waals surface area contributed by atoms with Gasteiger partial charge in [-0.2, -0.15) is 0 Å². The largest absolute Gasteiger partial charge is 0.524 e. The second-order valence-electron chi connectivity index (χ2n) is 5.53. The van der Waals surface area contributed by atoms with Crippen molar-refractivity contribution in [1.29, 1.82) is 0 Å². The van der Waals surface area contributed by atoms with Gasteiger partial charge in [0.25, 0.3) is 0 Å². The number of rotatable bonds is 8. The molecule has 2 aromatic carbocycles. The van der Waals surface area contributed by atoms with Crippen molar-refractivity contribution in [3.05, 3.63) is 65.7 Å². The van der Waals surface area contributed by atoms with Crippen molar-refractivity contribution < 1.29 is 38.3 Å². The molecule has 4 N–H and O–H groups in total. The predicted octanol–water partition coefficient (Wildman–Crippen LogP) is 2.08. The number of alkyl carbamates (subject to hydrolysis) is 1. The molecular formula is C17H18NO8P. The molecule has 0 saturated heterocycles. The SMILES string of the molecule is O=C(N[C@@H](Cc1ccc(OP(=O)(O)O)cc1)C(=O)O)OCc1ccccc1. The summed E-state index contributed by atoms with van der Waals surface area (Å²) in [7, 11) is -4.67. The molecule has 10 heteroatoms. The molecule has 0 aromatic heterocycles. The molecule has 0 saturated carbocycles. The first kappa shape index (κ1) is 20.4. The third-order valence-corrected chi connectivity index (χ3v) is 3.84. The first-order valence-corrected chi connectivity index (χ1v) is 9.30. The van der Waals surface area contributed by atoms with Gasteiger partial charge in [0, 0.05) is 6.42 Å². The van der Waals surface area contributed by atoms with Gasteiger partial charge in [-0.3, -0.25) is 9.79 Å². The van der Waals surface area contributed by atoms with Crippen molar-refractivity contribution in [2.24, 2.45) is 0 Å².